The predicted molar refractivity (Wildman–Crippen MR) is 133 cm³/mol. The quantitative estimate of drug-likeness (QED) is 0.438. The first-order chi connectivity index (χ1) is 14.5. The fourth-order valence-electron chi connectivity index (χ4n) is 3.70. The molecule has 0 radical (unpaired) electrons. The van der Waals surface area contributed by atoms with Crippen molar-refractivity contribution in [2.75, 3.05) is 13.1 Å². The van der Waals surface area contributed by atoms with E-state index in [1.54, 1.807) is 0 Å². The Hall–Kier alpha value is -2.38. The van der Waals surface area contributed by atoms with Gasteiger partial charge in [0.2, 0.25) is 0 Å². The van der Waals surface area contributed by atoms with E-state index in [9.17, 15) is 0 Å². The van der Waals surface area contributed by atoms with Crippen molar-refractivity contribution in [1.82, 2.24) is 5.32 Å². The lowest BCUT2D eigenvalue weighted by molar-refractivity contribution is 0.762. The first-order valence-electron chi connectivity index (χ1n) is 11.4. The van der Waals surface area contributed by atoms with Crippen LogP contribution in [0.25, 0.3) is 0 Å². The Morgan fingerprint density at radius 2 is 1.10 bits per heavy atom. The molecule has 0 bridgehead atoms. The molecule has 3 aromatic rings. The maximum Gasteiger partial charge on any atom is -0.00775 e. The average Bonchev–Trinajstić information content (AvgIpc) is 2.74. The Labute approximate surface area is 184 Å². The van der Waals surface area contributed by atoms with Gasteiger partial charge in [-0.3, -0.25) is 0 Å². The largest absolute Gasteiger partial charge is 0.317 e. The van der Waals surface area contributed by atoms with Crippen molar-refractivity contribution in [2.24, 2.45) is 0 Å². The lowest BCUT2D eigenvalue weighted by Gasteiger charge is -2.09. The fraction of sp³-hybridized carbons (Fsp3) is 0.379. The minimum Gasteiger partial charge on any atom is -0.317 e. The monoisotopic (exact) mass is 401 g/mol. The molecule has 0 spiro atoms. The first-order valence-corrected chi connectivity index (χ1v) is 11.4. The Kier molecular flexibility index (Phi) is 10.4. The van der Waals surface area contributed by atoms with Gasteiger partial charge in [0.25, 0.3) is 0 Å². The van der Waals surface area contributed by atoms with Crippen molar-refractivity contribution in [3.63, 3.8) is 0 Å². The van der Waals surface area contributed by atoms with Gasteiger partial charge in [-0.2, -0.15) is 0 Å². The third kappa shape index (κ3) is 8.16. The summed E-state index contributed by atoms with van der Waals surface area (Å²) >= 11 is 0. The number of aryl methyl sites for hydroxylation is 7. The van der Waals surface area contributed by atoms with E-state index in [1.807, 2.05) is 0 Å². The van der Waals surface area contributed by atoms with Crippen LogP contribution in [-0.4, -0.2) is 13.1 Å². The van der Waals surface area contributed by atoms with Gasteiger partial charge in [-0.25, -0.2) is 0 Å². The van der Waals surface area contributed by atoms with Gasteiger partial charge in [0.05, 0.1) is 0 Å². The van der Waals surface area contributed by atoms with Crippen molar-refractivity contribution in [2.45, 2.75) is 60.3 Å². The van der Waals surface area contributed by atoms with Gasteiger partial charge in [0, 0.05) is 0 Å². The molecule has 0 aliphatic heterocycles. The maximum absolute atomic E-state index is 3.11. The molecule has 1 heteroatoms. The molecule has 30 heavy (non-hydrogen) atoms. The average molecular weight is 402 g/mol. The van der Waals surface area contributed by atoms with E-state index < -0.39 is 0 Å². The van der Waals surface area contributed by atoms with Crippen LogP contribution in [0.3, 0.4) is 0 Å². The van der Waals surface area contributed by atoms with Crippen LogP contribution < -0.4 is 5.32 Å². The van der Waals surface area contributed by atoms with Crippen molar-refractivity contribution in [3.8, 4) is 0 Å². The summed E-state index contributed by atoms with van der Waals surface area (Å²) in [5, 5.41) is 3.11. The number of hydrogen-bond acceptors (Lipinski definition) is 1. The van der Waals surface area contributed by atoms with Gasteiger partial charge in [0.1, 0.15) is 0 Å². The molecule has 0 saturated carbocycles. The maximum atomic E-state index is 3.11. The molecule has 0 heterocycles. The highest BCUT2D eigenvalue weighted by atomic mass is 14.8. The second-order valence-electron chi connectivity index (χ2n) is 8.13. The molecular weight excluding hydrogens is 362 g/mol. The standard InChI is InChI=1S/C25H28.C4H11N/c1-19-8-15-25(21(3)18-19)17-14-23-11-9-22(10-12-23)13-16-24-7-5-4-6-20(24)2;1-3-5-4-2/h4-12,15,18H,13-14,16-17H2,1-3H3;5H,3-4H2,1-2H3. The van der Waals surface area contributed by atoms with Gasteiger partial charge >= 0.3 is 0 Å². The minimum absolute atomic E-state index is 1.09. The van der Waals surface area contributed by atoms with Crippen LogP contribution in [0, 0.1) is 20.8 Å². The highest BCUT2D eigenvalue weighted by Crippen LogP contribution is 2.16. The molecule has 0 saturated heterocycles. The molecule has 0 aliphatic carbocycles. The van der Waals surface area contributed by atoms with Crippen molar-refractivity contribution >= 4 is 0 Å². The lowest BCUT2D eigenvalue weighted by atomic mass is 9.97. The summed E-state index contributed by atoms with van der Waals surface area (Å²) in [7, 11) is 0. The number of rotatable bonds is 8. The zero-order valence-corrected chi connectivity index (χ0v) is 19.6. The van der Waals surface area contributed by atoms with Gasteiger partial charge < -0.3 is 5.32 Å². The SMILES string of the molecule is CCNCC.Cc1ccc(CCc2ccc(CCc3ccccc3C)cc2)c(C)c1. The molecule has 1 nitrogen and oxygen atoms in total. The lowest BCUT2D eigenvalue weighted by Crippen LogP contribution is -2.09. The van der Waals surface area contributed by atoms with Crippen LogP contribution in [0.1, 0.15) is 52.8 Å². The van der Waals surface area contributed by atoms with Crippen LogP contribution in [-0.2, 0) is 25.7 Å². The highest BCUT2D eigenvalue weighted by molar-refractivity contribution is 5.32. The molecule has 0 aliphatic rings. The summed E-state index contributed by atoms with van der Waals surface area (Å²) in [6.45, 7) is 13.0. The minimum atomic E-state index is 1.09. The van der Waals surface area contributed by atoms with E-state index in [-0.39, 0.29) is 0 Å². The van der Waals surface area contributed by atoms with E-state index in [0.29, 0.717) is 0 Å². The normalized spacial score (nSPS) is 10.4. The molecule has 0 aromatic heterocycles. The third-order valence-electron chi connectivity index (χ3n) is 5.65. The Morgan fingerprint density at radius 1 is 0.567 bits per heavy atom. The molecular formula is C29H39N. The van der Waals surface area contributed by atoms with E-state index in [4.69, 9.17) is 0 Å². The van der Waals surface area contributed by atoms with Gasteiger partial charge in [-0.05, 0) is 92.9 Å². The van der Waals surface area contributed by atoms with Crippen LogP contribution in [0.2, 0.25) is 0 Å². The van der Waals surface area contributed by atoms with Crippen molar-refractivity contribution in [1.29, 1.82) is 0 Å². The van der Waals surface area contributed by atoms with Crippen LogP contribution in [0.15, 0.2) is 66.7 Å². The van der Waals surface area contributed by atoms with E-state index in [0.717, 1.165) is 38.8 Å². The topological polar surface area (TPSA) is 12.0 Å². The molecule has 0 atom stereocenters. The number of hydrogen-bond donors (Lipinski definition) is 1. The summed E-state index contributed by atoms with van der Waals surface area (Å²) in [5.41, 5.74) is 9.94. The smallest absolute Gasteiger partial charge is 0.00775 e. The molecule has 0 fully saturated rings. The van der Waals surface area contributed by atoms with Crippen LogP contribution in [0.5, 0.6) is 0 Å². The molecule has 1 N–H and O–H groups in total. The fourth-order valence-corrected chi connectivity index (χ4v) is 3.70. The van der Waals surface area contributed by atoms with E-state index in [2.05, 4.69) is 107 Å². The summed E-state index contributed by atoms with van der Waals surface area (Å²) in [5.74, 6) is 0. The van der Waals surface area contributed by atoms with Gasteiger partial charge in [-0.1, -0.05) is 86.1 Å². The first kappa shape index (κ1) is 23.9. The Morgan fingerprint density at radius 3 is 1.57 bits per heavy atom. The second kappa shape index (κ2) is 13.0. The Bertz CT molecular complexity index is 875. The second-order valence-corrected chi connectivity index (χ2v) is 8.13. The molecule has 0 unspecified atom stereocenters. The zero-order chi connectivity index (χ0) is 21.8. The zero-order valence-electron chi connectivity index (χ0n) is 19.6. The van der Waals surface area contributed by atoms with Crippen LogP contribution >= 0.6 is 0 Å². The number of nitrogens with one attached hydrogen (secondary N) is 1. The van der Waals surface area contributed by atoms with Gasteiger partial charge in [-0.15, -0.1) is 0 Å². The van der Waals surface area contributed by atoms with Crippen LogP contribution in [0.4, 0.5) is 0 Å². The number of benzene rings is 3. The van der Waals surface area contributed by atoms with Crippen molar-refractivity contribution < 1.29 is 0 Å². The summed E-state index contributed by atoms with van der Waals surface area (Å²) in [4.78, 5) is 0. The highest BCUT2D eigenvalue weighted by Gasteiger charge is 2.02. The predicted octanol–water partition coefficient (Wildman–Crippen LogP) is 6.80. The third-order valence-corrected chi connectivity index (χ3v) is 5.65. The summed E-state index contributed by atoms with van der Waals surface area (Å²) < 4.78 is 0. The molecule has 3 aromatic carbocycles. The molecule has 3 rings (SSSR count). The van der Waals surface area contributed by atoms with E-state index >= 15 is 0 Å². The summed E-state index contributed by atoms with van der Waals surface area (Å²) in [6, 6.07) is 24.7. The Balaban J connectivity index is 0.000000575. The van der Waals surface area contributed by atoms with Gasteiger partial charge in [0.15, 0.2) is 0 Å². The molecule has 160 valence electrons. The molecule has 0 amide bonds. The van der Waals surface area contributed by atoms with E-state index in [1.165, 1.54) is 38.9 Å². The van der Waals surface area contributed by atoms with Crippen molar-refractivity contribution in [3.05, 3.63) is 106 Å². The summed E-state index contributed by atoms with van der Waals surface area (Å²) in [6.07, 6.45) is 4.47.